The summed E-state index contributed by atoms with van der Waals surface area (Å²) >= 11 is 0. The number of anilines is 1. The predicted molar refractivity (Wildman–Crippen MR) is 78.5 cm³/mol. The van der Waals surface area contributed by atoms with E-state index in [0.29, 0.717) is 25.2 Å². The lowest BCUT2D eigenvalue weighted by Crippen LogP contribution is -2.32. The molecule has 0 saturated carbocycles. The van der Waals surface area contributed by atoms with Crippen LogP contribution >= 0.6 is 0 Å². The fraction of sp³-hybridized carbons (Fsp3) is 0.467. The Bertz CT molecular complexity index is 541. The average molecular weight is 289 g/mol. The lowest BCUT2D eigenvalue weighted by Gasteiger charge is -2.15. The first-order valence-corrected chi connectivity index (χ1v) is 7.29. The van der Waals surface area contributed by atoms with Crippen LogP contribution in [-0.4, -0.2) is 44.3 Å². The SMILES string of the molecule is O=C(NC[C@@H]1CCCO1)c1cccc(N2CCNC2=O)c1. The van der Waals surface area contributed by atoms with Crippen molar-refractivity contribution in [3.63, 3.8) is 0 Å². The molecule has 3 amide bonds. The van der Waals surface area contributed by atoms with E-state index < -0.39 is 0 Å². The van der Waals surface area contributed by atoms with Gasteiger partial charge in [-0.25, -0.2) is 4.79 Å². The largest absolute Gasteiger partial charge is 0.376 e. The van der Waals surface area contributed by atoms with E-state index in [2.05, 4.69) is 10.6 Å². The molecule has 0 aliphatic carbocycles. The third kappa shape index (κ3) is 3.16. The van der Waals surface area contributed by atoms with E-state index in [1.54, 1.807) is 23.1 Å². The fourth-order valence-corrected chi connectivity index (χ4v) is 2.65. The van der Waals surface area contributed by atoms with Crippen LogP contribution in [-0.2, 0) is 4.74 Å². The van der Waals surface area contributed by atoms with Gasteiger partial charge in [-0.1, -0.05) is 6.07 Å². The van der Waals surface area contributed by atoms with Crippen LogP contribution in [0.1, 0.15) is 23.2 Å². The Hall–Kier alpha value is -2.08. The number of urea groups is 1. The van der Waals surface area contributed by atoms with E-state index in [4.69, 9.17) is 4.74 Å². The highest BCUT2D eigenvalue weighted by Crippen LogP contribution is 2.18. The Morgan fingerprint density at radius 2 is 2.38 bits per heavy atom. The number of nitrogens with zero attached hydrogens (tertiary/aromatic N) is 1. The maximum absolute atomic E-state index is 12.2. The van der Waals surface area contributed by atoms with E-state index in [1.165, 1.54) is 0 Å². The third-order valence-electron chi connectivity index (χ3n) is 3.79. The second-order valence-electron chi connectivity index (χ2n) is 5.28. The highest BCUT2D eigenvalue weighted by atomic mass is 16.5. The lowest BCUT2D eigenvalue weighted by molar-refractivity contribution is 0.0858. The first kappa shape index (κ1) is 13.9. The zero-order valence-corrected chi connectivity index (χ0v) is 11.8. The Morgan fingerprint density at radius 3 is 3.10 bits per heavy atom. The third-order valence-corrected chi connectivity index (χ3v) is 3.79. The van der Waals surface area contributed by atoms with Crippen LogP contribution in [0.4, 0.5) is 10.5 Å². The van der Waals surface area contributed by atoms with Crippen molar-refractivity contribution in [2.75, 3.05) is 31.1 Å². The Balaban J connectivity index is 1.64. The van der Waals surface area contributed by atoms with Gasteiger partial charge in [0.15, 0.2) is 0 Å². The molecule has 21 heavy (non-hydrogen) atoms. The van der Waals surface area contributed by atoms with Crippen LogP contribution < -0.4 is 15.5 Å². The number of carbonyl (C=O) groups is 2. The molecule has 112 valence electrons. The summed E-state index contributed by atoms with van der Waals surface area (Å²) in [4.78, 5) is 25.5. The first-order valence-electron chi connectivity index (χ1n) is 7.29. The number of hydrogen-bond donors (Lipinski definition) is 2. The zero-order valence-electron chi connectivity index (χ0n) is 11.8. The van der Waals surface area contributed by atoms with Gasteiger partial charge >= 0.3 is 6.03 Å². The molecule has 6 heteroatoms. The summed E-state index contributed by atoms with van der Waals surface area (Å²) in [7, 11) is 0. The summed E-state index contributed by atoms with van der Waals surface area (Å²) in [5.74, 6) is -0.132. The van der Waals surface area contributed by atoms with Crippen molar-refractivity contribution in [2.45, 2.75) is 18.9 Å². The number of hydrogen-bond acceptors (Lipinski definition) is 3. The molecule has 2 aliphatic rings. The van der Waals surface area contributed by atoms with Gasteiger partial charge < -0.3 is 15.4 Å². The molecule has 2 fully saturated rings. The molecule has 2 aliphatic heterocycles. The number of rotatable bonds is 4. The van der Waals surface area contributed by atoms with Gasteiger partial charge in [-0.05, 0) is 31.0 Å². The average Bonchev–Trinajstić information content (AvgIpc) is 3.16. The van der Waals surface area contributed by atoms with E-state index >= 15 is 0 Å². The molecular weight excluding hydrogens is 270 g/mol. The molecule has 0 unspecified atom stereocenters. The Kier molecular flexibility index (Phi) is 4.06. The van der Waals surface area contributed by atoms with E-state index in [1.807, 2.05) is 6.07 Å². The summed E-state index contributed by atoms with van der Waals surface area (Å²) in [6.45, 7) is 2.57. The van der Waals surface area contributed by atoms with Gasteiger partial charge in [0, 0.05) is 37.5 Å². The number of carbonyl (C=O) groups excluding carboxylic acids is 2. The second-order valence-corrected chi connectivity index (χ2v) is 5.28. The quantitative estimate of drug-likeness (QED) is 0.872. The minimum Gasteiger partial charge on any atom is -0.376 e. The molecule has 2 saturated heterocycles. The Morgan fingerprint density at radius 1 is 1.48 bits per heavy atom. The maximum Gasteiger partial charge on any atom is 0.321 e. The van der Waals surface area contributed by atoms with E-state index in [0.717, 1.165) is 25.1 Å². The molecule has 6 nitrogen and oxygen atoms in total. The summed E-state index contributed by atoms with van der Waals surface area (Å²) in [6, 6.07) is 7.01. The van der Waals surface area contributed by atoms with Gasteiger partial charge in [-0.2, -0.15) is 0 Å². The highest BCUT2D eigenvalue weighted by Gasteiger charge is 2.22. The topological polar surface area (TPSA) is 70.7 Å². The number of ether oxygens (including phenoxy) is 1. The molecule has 2 heterocycles. The molecule has 0 radical (unpaired) electrons. The van der Waals surface area contributed by atoms with Crippen LogP contribution in [0.5, 0.6) is 0 Å². The van der Waals surface area contributed by atoms with Crippen molar-refractivity contribution in [2.24, 2.45) is 0 Å². The van der Waals surface area contributed by atoms with Crippen molar-refractivity contribution in [1.29, 1.82) is 0 Å². The molecule has 0 bridgehead atoms. The van der Waals surface area contributed by atoms with Crippen LogP contribution in [0.25, 0.3) is 0 Å². The summed E-state index contributed by atoms with van der Waals surface area (Å²) in [5, 5.41) is 5.64. The molecule has 3 rings (SSSR count). The Labute approximate surface area is 123 Å². The minimum absolute atomic E-state index is 0.119. The molecule has 1 aromatic carbocycles. The maximum atomic E-state index is 12.2. The van der Waals surface area contributed by atoms with Crippen LogP contribution in [0.3, 0.4) is 0 Å². The normalized spacial score (nSPS) is 21.4. The van der Waals surface area contributed by atoms with Gasteiger partial charge in [-0.15, -0.1) is 0 Å². The molecule has 1 atom stereocenters. The number of benzene rings is 1. The van der Waals surface area contributed by atoms with Crippen LogP contribution in [0.15, 0.2) is 24.3 Å². The first-order chi connectivity index (χ1) is 10.2. The van der Waals surface area contributed by atoms with Crippen molar-refractivity contribution in [3.05, 3.63) is 29.8 Å². The molecule has 1 aromatic rings. The zero-order chi connectivity index (χ0) is 14.7. The number of amides is 3. The standard InChI is InChI=1S/C15H19N3O3/c19-14(17-10-13-5-2-8-21-13)11-3-1-4-12(9-11)18-7-6-16-15(18)20/h1,3-4,9,13H,2,5-8,10H2,(H,16,20)(H,17,19)/t13-/m0/s1. The summed E-state index contributed by atoms with van der Waals surface area (Å²) < 4.78 is 5.48. The van der Waals surface area contributed by atoms with Gasteiger partial charge in [0.25, 0.3) is 5.91 Å². The summed E-state index contributed by atoms with van der Waals surface area (Å²) in [5.41, 5.74) is 1.31. The van der Waals surface area contributed by atoms with Gasteiger partial charge in [0.2, 0.25) is 0 Å². The van der Waals surface area contributed by atoms with Crippen molar-refractivity contribution in [1.82, 2.24) is 10.6 Å². The highest BCUT2D eigenvalue weighted by molar-refractivity contribution is 5.98. The molecule has 0 aromatic heterocycles. The van der Waals surface area contributed by atoms with E-state index in [9.17, 15) is 9.59 Å². The lowest BCUT2D eigenvalue weighted by atomic mass is 10.1. The van der Waals surface area contributed by atoms with Gasteiger partial charge in [0.1, 0.15) is 0 Å². The second kappa shape index (κ2) is 6.13. The van der Waals surface area contributed by atoms with Crippen molar-refractivity contribution >= 4 is 17.6 Å². The van der Waals surface area contributed by atoms with Crippen molar-refractivity contribution < 1.29 is 14.3 Å². The number of nitrogens with one attached hydrogen (secondary N) is 2. The van der Waals surface area contributed by atoms with Gasteiger partial charge in [-0.3, -0.25) is 9.69 Å². The van der Waals surface area contributed by atoms with Crippen LogP contribution in [0.2, 0.25) is 0 Å². The fourth-order valence-electron chi connectivity index (χ4n) is 2.65. The predicted octanol–water partition coefficient (Wildman–Crippen LogP) is 1.12. The van der Waals surface area contributed by atoms with Crippen molar-refractivity contribution in [3.8, 4) is 0 Å². The minimum atomic E-state index is -0.132. The van der Waals surface area contributed by atoms with Gasteiger partial charge in [0.05, 0.1) is 6.10 Å². The van der Waals surface area contributed by atoms with Crippen LogP contribution in [0, 0.1) is 0 Å². The summed E-state index contributed by atoms with van der Waals surface area (Å²) in [6.07, 6.45) is 2.18. The van der Waals surface area contributed by atoms with E-state index in [-0.39, 0.29) is 18.0 Å². The molecule has 0 spiro atoms. The molecule has 2 N–H and O–H groups in total. The monoisotopic (exact) mass is 289 g/mol. The molecular formula is C15H19N3O3. The smallest absolute Gasteiger partial charge is 0.321 e.